The molecule has 0 saturated heterocycles. The van der Waals surface area contributed by atoms with Crippen LogP contribution in [0.5, 0.6) is 0 Å². The van der Waals surface area contributed by atoms with Crippen LogP contribution in [0.25, 0.3) is 11.4 Å². The van der Waals surface area contributed by atoms with E-state index >= 15 is 0 Å². The van der Waals surface area contributed by atoms with Crippen LogP contribution >= 0.6 is 11.8 Å². The fourth-order valence-electron chi connectivity index (χ4n) is 1.69. The maximum absolute atomic E-state index is 11.0. The van der Waals surface area contributed by atoms with Crippen LogP contribution in [0.15, 0.2) is 29.4 Å². The maximum atomic E-state index is 11.0. The Kier molecular flexibility index (Phi) is 4.21. The summed E-state index contributed by atoms with van der Waals surface area (Å²) in [7, 11) is 0. The highest BCUT2D eigenvalue weighted by Gasteiger charge is 2.19. The molecule has 0 aliphatic heterocycles. The van der Waals surface area contributed by atoms with Gasteiger partial charge in [0.1, 0.15) is 5.25 Å². The van der Waals surface area contributed by atoms with Gasteiger partial charge in [-0.05, 0) is 18.9 Å². The van der Waals surface area contributed by atoms with E-state index in [1.807, 2.05) is 38.1 Å². The second kappa shape index (κ2) is 5.88. The van der Waals surface area contributed by atoms with Crippen molar-refractivity contribution < 1.29 is 9.90 Å². The quantitative estimate of drug-likeness (QED) is 0.821. The normalized spacial score (nSPS) is 12.3. The van der Waals surface area contributed by atoms with Crippen molar-refractivity contribution in [3.8, 4) is 11.4 Å². The summed E-state index contributed by atoms with van der Waals surface area (Å²) >= 11 is 1.17. The molecule has 0 bridgehead atoms. The predicted molar refractivity (Wildman–Crippen MR) is 74.1 cm³/mol. The number of carboxylic acid groups (broad SMARTS) is 1. The number of aromatic nitrogens is 3. The molecule has 1 aromatic carbocycles. The molecule has 0 amide bonds. The zero-order chi connectivity index (χ0) is 13.8. The highest BCUT2D eigenvalue weighted by molar-refractivity contribution is 8.00. The average Bonchev–Trinajstić information content (AvgIpc) is 2.84. The Balaban J connectivity index is 2.20. The van der Waals surface area contributed by atoms with Crippen LogP contribution in [0.3, 0.4) is 0 Å². The third-order valence-corrected chi connectivity index (χ3v) is 3.97. The number of rotatable bonds is 5. The molecular weight excluding hydrogens is 262 g/mol. The second-order valence-electron chi connectivity index (χ2n) is 4.13. The van der Waals surface area contributed by atoms with E-state index in [-0.39, 0.29) is 0 Å². The Bertz CT molecular complexity index is 583. The number of benzene rings is 1. The molecule has 19 heavy (non-hydrogen) atoms. The highest BCUT2D eigenvalue weighted by atomic mass is 32.2. The largest absolute Gasteiger partial charge is 0.480 e. The van der Waals surface area contributed by atoms with Gasteiger partial charge in [0.25, 0.3) is 0 Å². The summed E-state index contributed by atoms with van der Waals surface area (Å²) in [6.45, 7) is 3.83. The van der Waals surface area contributed by atoms with Gasteiger partial charge in [-0.2, -0.15) is 0 Å². The Morgan fingerprint density at radius 2 is 2.21 bits per heavy atom. The fraction of sp³-hybridized carbons (Fsp3) is 0.308. The number of carbonyl (C=O) groups is 1. The van der Waals surface area contributed by atoms with Crippen LogP contribution in [-0.2, 0) is 4.79 Å². The first-order chi connectivity index (χ1) is 9.11. The van der Waals surface area contributed by atoms with Crippen LogP contribution in [-0.4, -0.2) is 31.5 Å². The van der Waals surface area contributed by atoms with Crippen molar-refractivity contribution in [3.05, 3.63) is 29.8 Å². The monoisotopic (exact) mass is 277 g/mol. The van der Waals surface area contributed by atoms with Crippen molar-refractivity contribution in [1.29, 1.82) is 0 Å². The summed E-state index contributed by atoms with van der Waals surface area (Å²) < 4.78 is 0. The standard InChI is InChI=1S/C13H15N3O2S/c1-3-10(12(17)18)19-13-14-11(15-16-13)9-7-5-4-6-8(9)2/h4-7,10H,3H2,1-2H3,(H,17,18)(H,14,15,16). The molecular formula is C13H15N3O2S. The van der Waals surface area contributed by atoms with E-state index in [0.717, 1.165) is 11.1 Å². The van der Waals surface area contributed by atoms with E-state index in [2.05, 4.69) is 15.2 Å². The second-order valence-corrected chi connectivity index (χ2v) is 5.30. The zero-order valence-electron chi connectivity index (χ0n) is 10.8. The van der Waals surface area contributed by atoms with Gasteiger partial charge in [-0.25, -0.2) is 4.98 Å². The van der Waals surface area contributed by atoms with E-state index in [1.165, 1.54) is 11.8 Å². The number of carboxylic acids is 1. The molecule has 2 N–H and O–H groups in total. The maximum Gasteiger partial charge on any atom is 0.317 e. The number of aromatic amines is 1. The van der Waals surface area contributed by atoms with Gasteiger partial charge in [-0.15, -0.1) is 5.10 Å². The SMILES string of the molecule is CCC(Sc1n[nH]c(-c2ccccc2C)n1)C(=O)O. The van der Waals surface area contributed by atoms with E-state index in [9.17, 15) is 4.79 Å². The Morgan fingerprint density at radius 3 is 2.84 bits per heavy atom. The average molecular weight is 277 g/mol. The molecule has 1 aromatic heterocycles. The van der Waals surface area contributed by atoms with E-state index in [1.54, 1.807) is 0 Å². The van der Waals surface area contributed by atoms with Gasteiger partial charge in [0.2, 0.25) is 5.16 Å². The number of hydrogen-bond acceptors (Lipinski definition) is 4. The summed E-state index contributed by atoms with van der Waals surface area (Å²) in [4.78, 5) is 15.3. The van der Waals surface area contributed by atoms with Crippen LogP contribution in [0.4, 0.5) is 0 Å². The van der Waals surface area contributed by atoms with Gasteiger partial charge in [0, 0.05) is 5.56 Å². The van der Waals surface area contributed by atoms with Crippen molar-refractivity contribution >= 4 is 17.7 Å². The number of aryl methyl sites for hydroxylation is 1. The lowest BCUT2D eigenvalue weighted by atomic mass is 10.1. The molecule has 1 atom stereocenters. The molecule has 0 spiro atoms. The lowest BCUT2D eigenvalue weighted by Crippen LogP contribution is -2.14. The number of nitrogens with one attached hydrogen (secondary N) is 1. The number of thioether (sulfide) groups is 1. The number of nitrogens with zero attached hydrogens (tertiary/aromatic N) is 2. The lowest BCUT2D eigenvalue weighted by molar-refractivity contribution is -0.136. The molecule has 1 heterocycles. The molecule has 5 nitrogen and oxygen atoms in total. The van der Waals surface area contributed by atoms with Crippen LogP contribution in [0.1, 0.15) is 18.9 Å². The summed E-state index contributed by atoms with van der Waals surface area (Å²) in [5.74, 6) is -0.171. The van der Waals surface area contributed by atoms with Gasteiger partial charge in [-0.3, -0.25) is 9.89 Å². The molecule has 2 rings (SSSR count). The third kappa shape index (κ3) is 3.14. The van der Waals surface area contributed by atoms with Gasteiger partial charge in [0.05, 0.1) is 0 Å². The molecule has 0 fully saturated rings. The summed E-state index contributed by atoms with van der Waals surface area (Å²) in [6, 6.07) is 7.85. The molecule has 1 unspecified atom stereocenters. The fourth-order valence-corrected chi connectivity index (χ4v) is 2.46. The van der Waals surface area contributed by atoms with Crippen molar-refractivity contribution in [2.45, 2.75) is 30.7 Å². The minimum absolute atomic E-state index is 0.465. The molecule has 6 heteroatoms. The van der Waals surface area contributed by atoms with Gasteiger partial charge in [-0.1, -0.05) is 43.0 Å². The van der Waals surface area contributed by atoms with Crippen molar-refractivity contribution in [2.24, 2.45) is 0 Å². The third-order valence-electron chi connectivity index (χ3n) is 2.76. The highest BCUT2D eigenvalue weighted by Crippen LogP contribution is 2.25. The number of H-pyrrole nitrogens is 1. The van der Waals surface area contributed by atoms with E-state index < -0.39 is 11.2 Å². The lowest BCUT2D eigenvalue weighted by Gasteiger charge is -2.04. The smallest absolute Gasteiger partial charge is 0.317 e. The Labute approximate surface area is 115 Å². The van der Waals surface area contributed by atoms with E-state index in [0.29, 0.717) is 17.4 Å². The van der Waals surface area contributed by atoms with E-state index in [4.69, 9.17) is 5.11 Å². The minimum Gasteiger partial charge on any atom is -0.480 e. The van der Waals surface area contributed by atoms with Crippen molar-refractivity contribution in [2.75, 3.05) is 0 Å². The van der Waals surface area contributed by atoms with Gasteiger partial charge < -0.3 is 5.11 Å². The first-order valence-electron chi connectivity index (χ1n) is 5.99. The Morgan fingerprint density at radius 1 is 1.47 bits per heavy atom. The van der Waals surface area contributed by atoms with Gasteiger partial charge in [0.15, 0.2) is 5.82 Å². The van der Waals surface area contributed by atoms with Crippen LogP contribution < -0.4 is 0 Å². The molecule has 0 radical (unpaired) electrons. The zero-order valence-corrected chi connectivity index (χ0v) is 11.6. The Hall–Kier alpha value is -1.82. The number of aliphatic carboxylic acids is 1. The molecule has 0 saturated carbocycles. The predicted octanol–water partition coefficient (Wildman–Crippen LogP) is 2.74. The van der Waals surface area contributed by atoms with Crippen molar-refractivity contribution in [1.82, 2.24) is 15.2 Å². The topological polar surface area (TPSA) is 78.9 Å². The van der Waals surface area contributed by atoms with Gasteiger partial charge >= 0.3 is 5.97 Å². The molecule has 0 aliphatic carbocycles. The minimum atomic E-state index is -0.838. The van der Waals surface area contributed by atoms with Crippen LogP contribution in [0, 0.1) is 6.92 Å². The van der Waals surface area contributed by atoms with Crippen molar-refractivity contribution in [3.63, 3.8) is 0 Å². The van der Waals surface area contributed by atoms with Crippen LogP contribution in [0.2, 0.25) is 0 Å². The molecule has 0 aliphatic rings. The summed E-state index contributed by atoms with van der Waals surface area (Å²) in [5.41, 5.74) is 2.07. The molecule has 100 valence electrons. The summed E-state index contributed by atoms with van der Waals surface area (Å²) in [5, 5.41) is 15.9. The first-order valence-corrected chi connectivity index (χ1v) is 6.87. The molecule has 2 aromatic rings. The number of hydrogen-bond donors (Lipinski definition) is 2. The summed E-state index contributed by atoms with van der Waals surface area (Å²) in [6.07, 6.45) is 0.536. The first kappa shape index (κ1) is 13.6.